The van der Waals surface area contributed by atoms with Crippen molar-refractivity contribution in [3.63, 3.8) is 0 Å². The normalized spacial score (nSPS) is 10.3. The summed E-state index contributed by atoms with van der Waals surface area (Å²) in [6.07, 6.45) is 0.0175. The summed E-state index contributed by atoms with van der Waals surface area (Å²) in [6.45, 7) is -3.12. The van der Waals surface area contributed by atoms with Gasteiger partial charge in [0.15, 0.2) is 0 Å². The van der Waals surface area contributed by atoms with Crippen LogP contribution in [-0.4, -0.2) is 30.8 Å². The monoisotopic (exact) mass is 274 g/mol. The molecule has 0 atom stereocenters. The fourth-order valence-corrected chi connectivity index (χ4v) is 1.56. The number of methoxy groups -OCH3 is 1. The van der Waals surface area contributed by atoms with Gasteiger partial charge in [0.2, 0.25) is 0 Å². The van der Waals surface area contributed by atoms with Crippen molar-refractivity contribution in [2.75, 3.05) is 7.11 Å². The summed E-state index contributed by atoms with van der Waals surface area (Å²) in [7, 11) is 1.21. The molecule has 104 valence electrons. The van der Waals surface area contributed by atoms with Crippen LogP contribution in [-0.2, 0) is 16.0 Å². The van der Waals surface area contributed by atoms with Gasteiger partial charge in [-0.2, -0.15) is 8.78 Å². The summed E-state index contributed by atoms with van der Waals surface area (Å²) in [4.78, 5) is 22.1. The molecule has 0 aliphatic heterocycles. The van der Waals surface area contributed by atoms with Crippen LogP contribution in [0, 0.1) is 0 Å². The first-order valence-electron chi connectivity index (χ1n) is 5.32. The van der Waals surface area contributed by atoms with Gasteiger partial charge in [0, 0.05) is 6.42 Å². The lowest BCUT2D eigenvalue weighted by molar-refractivity contribution is -0.140. The molecule has 7 heteroatoms. The Balaban J connectivity index is 3.02. The molecule has 0 radical (unpaired) electrons. The van der Waals surface area contributed by atoms with Gasteiger partial charge >= 0.3 is 18.6 Å². The van der Waals surface area contributed by atoms with E-state index in [9.17, 15) is 18.4 Å². The van der Waals surface area contributed by atoms with Crippen LogP contribution in [0.5, 0.6) is 5.75 Å². The molecule has 0 saturated carbocycles. The van der Waals surface area contributed by atoms with Gasteiger partial charge in [0.25, 0.3) is 0 Å². The van der Waals surface area contributed by atoms with E-state index in [2.05, 4.69) is 9.47 Å². The van der Waals surface area contributed by atoms with Crippen LogP contribution < -0.4 is 4.74 Å². The molecule has 0 aliphatic carbocycles. The Kier molecular flexibility index (Phi) is 5.23. The Morgan fingerprint density at radius 2 is 2.05 bits per heavy atom. The van der Waals surface area contributed by atoms with Crippen molar-refractivity contribution in [1.29, 1.82) is 0 Å². The predicted molar refractivity (Wildman–Crippen MR) is 60.4 cm³/mol. The number of hydrogen-bond acceptors (Lipinski definition) is 4. The number of carbonyl (C=O) groups is 2. The van der Waals surface area contributed by atoms with Gasteiger partial charge in [-0.05, 0) is 18.1 Å². The number of alkyl halides is 2. The Bertz CT molecular complexity index is 473. The van der Waals surface area contributed by atoms with E-state index in [-0.39, 0.29) is 24.0 Å². The number of esters is 1. The molecule has 1 N–H and O–H groups in total. The number of benzene rings is 1. The lowest BCUT2D eigenvalue weighted by Gasteiger charge is -2.11. The highest BCUT2D eigenvalue weighted by molar-refractivity contribution is 5.92. The molecule has 1 rings (SSSR count). The van der Waals surface area contributed by atoms with Crippen LogP contribution in [0.15, 0.2) is 18.2 Å². The van der Waals surface area contributed by atoms with Crippen molar-refractivity contribution in [3.8, 4) is 5.75 Å². The number of aryl methyl sites for hydroxylation is 1. The van der Waals surface area contributed by atoms with E-state index in [4.69, 9.17) is 5.11 Å². The summed E-state index contributed by atoms with van der Waals surface area (Å²) in [5.41, 5.74) is -0.136. The Hall–Kier alpha value is -2.18. The summed E-state index contributed by atoms with van der Waals surface area (Å²) in [5.74, 6) is -2.34. The minimum absolute atomic E-state index is 0.0467. The first-order chi connectivity index (χ1) is 8.95. The minimum Gasteiger partial charge on any atom is -0.478 e. The van der Waals surface area contributed by atoms with E-state index in [1.165, 1.54) is 19.2 Å². The molecule has 0 fully saturated rings. The summed E-state index contributed by atoms with van der Waals surface area (Å²) in [5, 5.41) is 9.04. The minimum atomic E-state index is -3.12. The third kappa shape index (κ3) is 4.20. The molecule has 19 heavy (non-hydrogen) atoms. The van der Waals surface area contributed by atoms with E-state index < -0.39 is 24.3 Å². The van der Waals surface area contributed by atoms with Crippen LogP contribution in [0.25, 0.3) is 0 Å². The third-order valence-corrected chi connectivity index (χ3v) is 2.37. The van der Waals surface area contributed by atoms with Gasteiger partial charge in [0.1, 0.15) is 11.3 Å². The number of ether oxygens (including phenoxy) is 2. The molecule has 0 saturated heterocycles. The van der Waals surface area contributed by atoms with Gasteiger partial charge < -0.3 is 14.6 Å². The fraction of sp³-hybridized carbons (Fsp3) is 0.333. The SMILES string of the molecule is COC(=O)CCc1cccc(OC(F)F)c1C(=O)O. The highest BCUT2D eigenvalue weighted by Gasteiger charge is 2.19. The number of aromatic carboxylic acids is 1. The standard InChI is InChI=1S/C12H12F2O5/c1-18-9(15)6-5-7-3-2-4-8(19-12(13)14)10(7)11(16)17/h2-4,12H,5-6H2,1H3,(H,16,17). The summed E-state index contributed by atoms with van der Waals surface area (Å²) < 4.78 is 32.9. The number of carboxylic acids is 1. The average molecular weight is 274 g/mol. The molecule has 0 aliphatic rings. The largest absolute Gasteiger partial charge is 0.478 e. The quantitative estimate of drug-likeness (QED) is 0.804. The second-order valence-electron chi connectivity index (χ2n) is 3.55. The predicted octanol–water partition coefficient (Wildman–Crippen LogP) is 2.09. The van der Waals surface area contributed by atoms with E-state index in [1.54, 1.807) is 0 Å². The van der Waals surface area contributed by atoms with Crippen molar-refractivity contribution in [3.05, 3.63) is 29.3 Å². The molecule has 0 bridgehead atoms. The van der Waals surface area contributed by atoms with Crippen molar-refractivity contribution in [2.45, 2.75) is 19.5 Å². The maximum Gasteiger partial charge on any atom is 0.387 e. The third-order valence-electron chi connectivity index (χ3n) is 2.37. The first kappa shape index (κ1) is 14.9. The summed E-state index contributed by atoms with van der Waals surface area (Å²) in [6, 6.07) is 3.96. The van der Waals surface area contributed by atoms with Crippen LogP contribution in [0.1, 0.15) is 22.3 Å². The molecule has 1 aromatic carbocycles. The second kappa shape index (κ2) is 6.67. The lowest BCUT2D eigenvalue weighted by Crippen LogP contribution is -2.11. The number of carbonyl (C=O) groups excluding carboxylic acids is 1. The average Bonchev–Trinajstić information content (AvgIpc) is 2.34. The molecule has 0 spiro atoms. The van der Waals surface area contributed by atoms with Crippen LogP contribution in [0.2, 0.25) is 0 Å². The molecular formula is C12H12F2O5. The zero-order valence-electron chi connectivity index (χ0n) is 10.1. The van der Waals surface area contributed by atoms with E-state index >= 15 is 0 Å². The highest BCUT2D eigenvalue weighted by Crippen LogP contribution is 2.25. The van der Waals surface area contributed by atoms with Gasteiger partial charge in [-0.25, -0.2) is 4.79 Å². The molecular weight excluding hydrogens is 262 g/mol. The molecule has 5 nitrogen and oxygen atoms in total. The molecule has 0 aromatic heterocycles. The second-order valence-corrected chi connectivity index (χ2v) is 3.55. The molecule has 0 unspecified atom stereocenters. The molecule has 0 heterocycles. The number of rotatable bonds is 6. The van der Waals surface area contributed by atoms with E-state index in [1.807, 2.05) is 0 Å². The van der Waals surface area contributed by atoms with Gasteiger partial charge in [0.05, 0.1) is 7.11 Å². The lowest BCUT2D eigenvalue weighted by atomic mass is 10.0. The van der Waals surface area contributed by atoms with Gasteiger partial charge in [-0.15, -0.1) is 0 Å². The highest BCUT2D eigenvalue weighted by atomic mass is 19.3. The first-order valence-corrected chi connectivity index (χ1v) is 5.32. The summed E-state index contributed by atoms with van der Waals surface area (Å²) >= 11 is 0. The maximum atomic E-state index is 12.2. The number of carboxylic acid groups (broad SMARTS) is 1. The Morgan fingerprint density at radius 3 is 2.58 bits per heavy atom. The van der Waals surface area contributed by atoms with Crippen LogP contribution in [0.3, 0.4) is 0 Å². The smallest absolute Gasteiger partial charge is 0.387 e. The zero-order valence-corrected chi connectivity index (χ0v) is 10.1. The number of hydrogen-bond donors (Lipinski definition) is 1. The van der Waals surface area contributed by atoms with Gasteiger partial charge in [-0.3, -0.25) is 4.79 Å². The topological polar surface area (TPSA) is 72.8 Å². The molecule has 0 amide bonds. The zero-order chi connectivity index (χ0) is 14.4. The Labute approximate surface area is 107 Å². The van der Waals surface area contributed by atoms with Crippen LogP contribution in [0.4, 0.5) is 8.78 Å². The van der Waals surface area contributed by atoms with E-state index in [0.717, 1.165) is 6.07 Å². The maximum absolute atomic E-state index is 12.2. The van der Waals surface area contributed by atoms with Crippen molar-refractivity contribution >= 4 is 11.9 Å². The van der Waals surface area contributed by atoms with Gasteiger partial charge in [-0.1, -0.05) is 12.1 Å². The van der Waals surface area contributed by atoms with E-state index in [0.29, 0.717) is 0 Å². The fourth-order valence-electron chi connectivity index (χ4n) is 1.56. The Morgan fingerprint density at radius 1 is 1.37 bits per heavy atom. The number of halogens is 2. The molecule has 1 aromatic rings. The van der Waals surface area contributed by atoms with Crippen molar-refractivity contribution in [1.82, 2.24) is 0 Å². The van der Waals surface area contributed by atoms with Crippen molar-refractivity contribution in [2.24, 2.45) is 0 Å². The van der Waals surface area contributed by atoms with Crippen molar-refractivity contribution < 1.29 is 33.0 Å². The van der Waals surface area contributed by atoms with Crippen LogP contribution >= 0.6 is 0 Å².